The predicted octanol–water partition coefficient (Wildman–Crippen LogP) is 2.69. The van der Waals surface area contributed by atoms with Gasteiger partial charge in [0.05, 0.1) is 6.04 Å². The molecule has 0 radical (unpaired) electrons. The molecule has 1 aliphatic rings. The summed E-state index contributed by atoms with van der Waals surface area (Å²) in [5.74, 6) is 0.339. The van der Waals surface area contributed by atoms with Crippen molar-refractivity contribution in [2.75, 3.05) is 26.7 Å². The van der Waals surface area contributed by atoms with Crippen LogP contribution in [0, 0.1) is 11.7 Å². The monoisotopic (exact) mass is 278 g/mol. The minimum atomic E-state index is -0.192. The van der Waals surface area contributed by atoms with Crippen LogP contribution < -0.4 is 0 Å². The molecule has 1 atom stereocenters. The van der Waals surface area contributed by atoms with Gasteiger partial charge in [-0.3, -0.25) is 9.69 Å². The number of carbonyl (C=O) groups excluding carboxylic acids is 1. The summed E-state index contributed by atoms with van der Waals surface area (Å²) in [5.41, 5.74) is 0.678. The van der Waals surface area contributed by atoms with Gasteiger partial charge in [0.1, 0.15) is 5.82 Å². The highest BCUT2D eigenvalue weighted by atomic mass is 19.1. The first-order valence-electron chi connectivity index (χ1n) is 7.21. The van der Waals surface area contributed by atoms with Gasteiger partial charge in [-0.2, -0.15) is 0 Å². The number of nitrogens with zero attached hydrogens (tertiary/aromatic N) is 2. The molecule has 1 amide bonds. The number of hydrogen-bond acceptors (Lipinski definition) is 2. The van der Waals surface area contributed by atoms with Crippen LogP contribution in [-0.2, 0) is 4.79 Å². The fourth-order valence-corrected chi connectivity index (χ4v) is 2.66. The normalized spacial score (nSPS) is 20.4. The molecule has 0 saturated carbocycles. The van der Waals surface area contributed by atoms with E-state index in [0.29, 0.717) is 24.4 Å². The lowest BCUT2D eigenvalue weighted by Gasteiger charge is -2.40. The van der Waals surface area contributed by atoms with Crippen molar-refractivity contribution in [2.45, 2.75) is 26.3 Å². The molecule has 20 heavy (non-hydrogen) atoms. The number of piperazine rings is 1. The van der Waals surface area contributed by atoms with E-state index in [0.717, 1.165) is 13.1 Å². The van der Waals surface area contributed by atoms with E-state index in [1.54, 1.807) is 6.07 Å². The first kappa shape index (κ1) is 15.0. The molecule has 1 aromatic rings. The van der Waals surface area contributed by atoms with E-state index in [1.165, 1.54) is 6.07 Å². The highest BCUT2D eigenvalue weighted by molar-refractivity contribution is 5.76. The SMILES string of the molecule is CC(C)CC(=O)N1CCN(C)C(c2ccccc2F)C1. The molecule has 1 unspecified atom stereocenters. The highest BCUT2D eigenvalue weighted by Crippen LogP contribution is 2.26. The van der Waals surface area contributed by atoms with E-state index in [1.807, 2.05) is 37.9 Å². The van der Waals surface area contributed by atoms with E-state index in [9.17, 15) is 9.18 Å². The summed E-state index contributed by atoms with van der Waals surface area (Å²) >= 11 is 0. The molecule has 0 spiro atoms. The Morgan fingerprint density at radius 2 is 2.05 bits per heavy atom. The number of amides is 1. The number of likely N-dealkylation sites (N-methyl/N-ethyl adjacent to an activating group) is 1. The zero-order valence-corrected chi connectivity index (χ0v) is 12.5. The number of benzene rings is 1. The van der Waals surface area contributed by atoms with Crippen molar-refractivity contribution >= 4 is 5.91 Å². The third kappa shape index (κ3) is 3.37. The summed E-state index contributed by atoms with van der Waals surface area (Å²) in [6.07, 6.45) is 0.563. The van der Waals surface area contributed by atoms with Crippen LogP contribution in [0.2, 0.25) is 0 Å². The Balaban J connectivity index is 2.13. The van der Waals surface area contributed by atoms with Crippen molar-refractivity contribution in [2.24, 2.45) is 5.92 Å². The van der Waals surface area contributed by atoms with Crippen molar-refractivity contribution < 1.29 is 9.18 Å². The van der Waals surface area contributed by atoms with Gasteiger partial charge in [-0.1, -0.05) is 32.0 Å². The number of hydrogen-bond donors (Lipinski definition) is 0. The van der Waals surface area contributed by atoms with Crippen molar-refractivity contribution in [1.29, 1.82) is 0 Å². The summed E-state index contributed by atoms with van der Waals surface area (Å²) in [6, 6.07) is 6.79. The van der Waals surface area contributed by atoms with Crippen LogP contribution in [0.15, 0.2) is 24.3 Å². The van der Waals surface area contributed by atoms with Crippen molar-refractivity contribution in [3.63, 3.8) is 0 Å². The number of rotatable bonds is 3. The van der Waals surface area contributed by atoms with Crippen LogP contribution in [0.4, 0.5) is 4.39 Å². The summed E-state index contributed by atoms with van der Waals surface area (Å²) in [5, 5.41) is 0. The zero-order valence-electron chi connectivity index (χ0n) is 12.5. The van der Waals surface area contributed by atoms with Gasteiger partial charge in [-0.25, -0.2) is 4.39 Å². The Hall–Kier alpha value is -1.42. The van der Waals surface area contributed by atoms with Gasteiger partial charge in [-0.05, 0) is 19.0 Å². The smallest absolute Gasteiger partial charge is 0.222 e. The summed E-state index contributed by atoms with van der Waals surface area (Å²) in [4.78, 5) is 16.2. The molecule has 1 aliphatic heterocycles. The molecule has 1 fully saturated rings. The molecule has 0 aromatic heterocycles. The van der Waals surface area contributed by atoms with E-state index < -0.39 is 0 Å². The van der Waals surface area contributed by atoms with Crippen LogP contribution in [-0.4, -0.2) is 42.4 Å². The zero-order chi connectivity index (χ0) is 14.7. The van der Waals surface area contributed by atoms with E-state index in [4.69, 9.17) is 0 Å². The van der Waals surface area contributed by atoms with Gasteiger partial charge in [0, 0.05) is 31.6 Å². The average Bonchev–Trinajstić information content (AvgIpc) is 2.39. The van der Waals surface area contributed by atoms with E-state index >= 15 is 0 Å². The second kappa shape index (κ2) is 6.35. The van der Waals surface area contributed by atoms with Crippen molar-refractivity contribution in [1.82, 2.24) is 9.80 Å². The maximum atomic E-state index is 14.0. The number of carbonyl (C=O) groups is 1. The molecule has 1 saturated heterocycles. The largest absolute Gasteiger partial charge is 0.339 e. The first-order valence-corrected chi connectivity index (χ1v) is 7.21. The van der Waals surface area contributed by atoms with Crippen molar-refractivity contribution in [3.05, 3.63) is 35.6 Å². The second-order valence-corrected chi connectivity index (χ2v) is 5.96. The predicted molar refractivity (Wildman–Crippen MR) is 77.8 cm³/mol. The summed E-state index contributed by atoms with van der Waals surface area (Å²) < 4.78 is 14.0. The molecule has 110 valence electrons. The van der Waals surface area contributed by atoms with Crippen LogP contribution in [0.3, 0.4) is 0 Å². The minimum absolute atomic E-state index is 0.0546. The Morgan fingerprint density at radius 3 is 2.70 bits per heavy atom. The standard InChI is InChI=1S/C16H23FN2O/c1-12(2)10-16(20)19-9-8-18(3)15(11-19)13-6-4-5-7-14(13)17/h4-7,12,15H,8-11H2,1-3H3. The van der Waals surface area contributed by atoms with Gasteiger partial charge >= 0.3 is 0 Å². The minimum Gasteiger partial charge on any atom is -0.339 e. The molecule has 0 bridgehead atoms. The van der Waals surface area contributed by atoms with Crippen LogP contribution in [0.5, 0.6) is 0 Å². The third-order valence-corrected chi connectivity index (χ3v) is 3.85. The number of halogens is 1. The van der Waals surface area contributed by atoms with Crippen LogP contribution in [0.25, 0.3) is 0 Å². The molecule has 0 N–H and O–H groups in total. The Bertz CT molecular complexity index is 475. The maximum Gasteiger partial charge on any atom is 0.222 e. The average molecular weight is 278 g/mol. The first-order chi connectivity index (χ1) is 9.49. The van der Waals surface area contributed by atoms with Crippen LogP contribution >= 0.6 is 0 Å². The van der Waals surface area contributed by atoms with Gasteiger partial charge < -0.3 is 4.90 Å². The maximum absolute atomic E-state index is 14.0. The lowest BCUT2D eigenvalue weighted by molar-refractivity contribution is -0.134. The fraction of sp³-hybridized carbons (Fsp3) is 0.562. The second-order valence-electron chi connectivity index (χ2n) is 5.96. The fourth-order valence-electron chi connectivity index (χ4n) is 2.66. The Kier molecular flexibility index (Phi) is 4.76. The topological polar surface area (TPSA) is 23.6 Å². The highest BCUT2D eigenvalue weighted by Gasteiger charge is 2.29. The lowest BCUT2D eigenvalue weighted by Crippen LogP contribution is -2.49. The molecule has 2 rings (SSSR count). The summed E-state index contributed by atoms with van der Waals surface area (Å²) in [6.45, 7) is 6.17. The molecular weight excluding hydrogens is 255 g/mol. The third-order valence-electron chi connectivity index (χ3n) is 3.85. The Morgan fingerprint density at radius 1 is 1.35 bits per heavy atom. The molecular formula is C16H23FN2O. The molecule has 1 aromatic carbocycles. The molecule has 1 heterocycles. The van der Waals surface area contributed by atoms with E-state index in [2.05, 4.69) is 4.90 Å². The molecule has 0 aliphatic carbocycles. The molecule has 4 heteroatoms. The van der Waals surface area contributed by atoms with Gasteiger partial charge in [-0.15, -0.1) is 0 Å². The van der Waals surface area contributed by atoms with Gasteiger partial charge in [0.25, 0.3) is 0 Å². The quantitative estimate of drug-likeness (QED) is 0.848. The van der Waals surface area contributed by atoms with Gasteiger partial charge in [0.15, 0.2) is 0 Å². The lowest BCUT2D eigenvalue weighted by atomic mass is 10.0. The van der Waals surface area contributed by atoms with E-state index in [-0.39, 0.29) is 17.8 Å². The Labute approximate surface area is 120 Å². The molecule has 3 nitrogen and oxygen atoms in total. The summed E-state index contributed by atoms with van der Waals surface area (Å²) in [7, 11) is 1.99. The van der Waals surface area contributed by atoms with Gasteiger partial charge in [0.2, 0.25) is 5.91 Å². The van der Waals surface area contributed by atoms with Crippen LogP contribution in [0.1, 0.15) is 31.9 Å². The van der Waals surface area contributed by atoms with Crippen molar-refractivity contribution in [3.8, 4) is 0 Å².